The third kappa shape index (κ3) is 3.20. The Balaban J connectivity index is 1.40. The Hall–Kier alpha value is -3.67. The predicted molar refractivity (Wildman–Crippen MR) is 129 cm³/mol. The standard InChI is InChI=1S/C28H25F2N3O/c1-16-10-17(2)12-18(11-16)31-27(34)33-14-24-25(20-6-3-4-9-23(20)32-24)28(15-33)13-21(28)19-7-5-8-22(29)26(19)30/h3-12,21,32H,13-15H2,1-2H3,(H,31,34). The molecular weight excluding hydrogens is 432 g/mol. The zero-order valence-electron chi connectivity index (χ0n) is 19.1. The van der Waals surface area contributed by atoms with Crippen LogP contribution in [0.2, 0.25) is 0 Å². The molecule has 2 atom stereocenters. The molecule has 0 bridgehead atoms. The Morgan fingerprint density at radius 3 is 2.62 bits per heavy atom. The van der Waals surface area contributed by atoms with Gasteiger partial charge in [-0.1, -0.05) is 36.4 Å². The number of fused-ring (bicyclic) bond motifs is 4. The summed E-state index contributed by atoms with van der Waals surface area (Å²) in [6, 6.07) is 18.2. The number of aromatic nitrogens is 1. The number of urea groups is 1. The maximum absolute atomic E-state index is 14.8. The highest BCUT2D eigenvalue weighted by atomic mass is 19.2. The molecule has 6 rings (SSSR count). The van der Waals surface area contributed by atoms with Gasteiger partial charge in [-0.05, 0) is 72.7 Å². The van der Waals surface area contributed by atoms with Crippen molar-refractivity contribution in [3.8, 4) is 0 Å². The third-order valence-electron chi connectivity index (χ3n) is 7.30. The number of para-hydroxylation sites is 1. The van der Waals surface area contributed by atoms with Gasteiger partial charge < -0.3 is 15.2 Å². The molecule has 1 spiro atoms. The number of carbonyl (C=O) groups is 1. The molecule has 1 fully saturated rings. The summed E-state index contributed by atoms with van der Waals surface area (Å²) in [7, 11) is 0. The fourth-order valence-corrected chi connectivity index (χ4v) is 5.90. The van der Waals surface area contributed by atoms with Crippen molar-refractivity contribution in [3.63, 3.8) is 0 Å². The molecule has 2 heterocycles. The molecule has 2 amide bonds. The predicted octanol–water partition coefficient (Wildman–Crippen LogP) is 6.54. The first-order chi connectivity index (χ1) is 16.4. The van der Waals surface area contributed by atoms with E-state index >= 15 is 0 Å². The van der Waals surface area contributed by atoms with Crippen molar-refractivity contribution in [3.05, 3.63) is 100 Å². The van der Waals surface area contributed by atoms with Gasteiger partial charge in [-0.15, -0.1) is 0 Å². The van der Waals surface area contributed by atoms with E-state index in [1.54, 1.807) is 17.0 Å². The third-order valence-corrected chi connectivity index (χ3v) is 7.30. The number of aromatic amines is 1. The Morgan fingerprint density at radius 1 is 1.06 bits per heavy atom. The van der Waals surface area contributed by atoms with Gasteiger partial charge in [-0.3, -0.25) is 0 Å². The summed E-state index contributed by atoms with van der Waals surface area (Å²) in [5.74, 6) is -1.82. The molecule has 2 aliphatic rings. The van der Waals surface area contributed by atoms with Crippen LogP contribution in [0.5, 0.6) is 0 Å². The van der Waals surface area contributed by atoms with Gasteiger partial charge in [0.15, 0.2) is 11.6 Å². The minimum atomic E-state index is -0.834. The highest BCUT2D eigenvalue weighted by Crippen LogP contribution is 2.64. The average molecular weight is 458 g/mol. The Morgan fingerprint density at radius 2 is 1.82 bits per heavy atom. The van der Waals surface area contributed by atoms with Crippen molar-refractivity contribution in [2.75, 3.05) is 11.9 Å². The summed E-state index contributed by atoms with van der Waals surface area (Å²) >= 11 is 0. The van der Waals surface area contributed by atoms with Gasteiger partial charge in [0.05, 0.1) is 6.54 Å². The molecular formula is C28H25F2N3O. The number of amides is 2. The number of nitrogens with zero attached hydrogens (tertiary/aromatic N) is 1. The maximum atomic E-state index is 14.8. The monoisotopic (exact) mass is 457 g/mol. The molecule has 1 aromatic heterocycles. The summed E-state index contributed by atoms with van der Waals surface area (Å²) in [5, 5.41) is 4.13. The number of hydrogen-bond acceptors (Lipinski definition) is 1. The fraction of sp³-hybridized carbons (Fsp3) is 0.250. The van der Waals surface area contributed by atoms with Gasteiger partial charge >= 0.3 is 6.03 Å². The molecule has 172 valence electrons. The lowest BCUT2D eigenvalue weighted by atomic mass is 9.85. The van der Waals surface area contributed by atoms with Crippen LogP contribution in [-0.2, 0) is 12.0 Å². The zero-order valence-corrected chi connectivity index (χ0v) is 19.1. The van der Waals surface area contributed by atoms with Gasteiger partial charge in [0.1, 0.15) is 0 Å². The Bertz CT molecular complexity index is 1440. The van der Waals surface area contributed by atoms with Crippen LogP contribution >= 0.6 is 0 Å². The van der Waals surface area contributed by atoms with Crippen molar-refractivity contribution >= 4 is 22.6 Å². The second-order valence-corrected chi connectivity index (χ2v) is 9.74. The van der Waals surface area contributed by atoms with Crippen LogP contribution in [0, 0.1) is 25.5 Å². The lowest BCUT2D eigenvalue weighted by molar-refractivity contribution is 0.195. The molecule has 2 unspecified atom stereocenters. The minimum absolute atomic E-state index is 0.195. The molecule has 2 N–H and O–H groups in total. The van der Waals surface area contributed by atoms with E-state index in [9.17, 15) is 13.6 Å². The Labute approximate surface area is 196 Å². The van der Waals surface area contributed by atoms with E-state index in [0.29, 0.717) is 25.1 Å². The molecule has 0 saturated heterocycles. The molecule has 6 heteroatoms. The summed E-state index contributed by atoms with van der Waals surface area (Å²) < 4.78 is 28.9. The second-order valence-electron chi connectivity index (χ2n) is 9.74. The van der Waals surface area contributed by atoms with Crippen LogP contribution in [0.15, 0.2) is 60.7 Å². The number of carbonyl (C=O) groups excluding carboxylic acids is 1. The van der Waals surface area contributed by atoms with Crippen LogP contribution in [-0.4, -0.2) is 22.5 Å². The molecule has 1 aliphatic carbocycles. The molecule has 34 heavy (non-hydrogen) atoms. The molecule has 1 aliphatic heterocycles. The lowest BCUT2D eigenvalue weighted by Crippen LogP contribution is -2.44. The molecule has 3 aromatic carbocycles. The number of anilines is 1. The average Bonchev–Trinajstić information content (AvgIpc) is 3.33. The van der Waals surface area contributed by atoms with Crippen molar-refractivity contribution < 1.29 is 13.6 Å². The molecule has 4 nitrogen and oxygen atoms in total. The number of halogens is 2. The highest BCUT2D eigenvalue weighted by Gasteiger charge is 2.61. The number of rotatable bonds is 2. The van der Waals surface area contributed by atoms with E-state index in [1.807, 2.05) is 44.2 Å². The maximum Gasteiger partial charge on any atom is 0.322 e. The lowest BCUT2D eigenvalue weighted by Gasteiger charge is -2.34. The summed E-state index contributed by atoms with van der Waals surface area (Å²) in [5.41, 5.74) is 5.92. The fourth-order valence-electron chi connectivity index (χ4n) is 5.90. The number of hydrogen-bond donors (Lipinski definition) is 2. The van der Waals surface area contributed by atoms with E-state index in [4.69, 9.17) is 0 Å². The van der Waals surface area contributed by atoms with Crippen molar-refractivity contribution in [2.24, 2.45) is 0 Å². The van der Waals surface area contributed by atoms with E-state index in [1.165, 1.54) is 0 Å². The number of H-pyrrole nitrogens is 1. The quantitative estimate of drug-likeness (QED) is 0.353. The molecule has 1 saturated carbocycles. The SMILES string of the molecule is Cc1cc(C)cc(NC(=O)N2Cc3[nH]c4ccccc4c3C3(CC3c3cccc(F)c3F)C2)c1. The van der Waals surface area contributed by atoms with Gasteiger partial charge in [0, 0.05) is 34.2 Å². The van der Waals surface area contributed by atoms with Crippen LogP contribution < -0.4 is 5.32 Å². The first kappa shape index (κ1) is 20.9. The highest BCUT2D eigenvalue weighted by molar-refractivity contribution is 5.92. The molecule has 0 radical (unpaired) electrons. The van der Waals surface area contributed by atoms with E-state index in [-0.39, 0.29) is 11.9 Å². The topological polar surface area (TPSA) is 48.1 Å². The smallest absolute Gasteiger partial charge is 0.322 e. The van der Waals surface area contributed by atoms with Crippen molar-refractivity contribution in [1.29, 1.82) is 0 Å². The zero-order chi connectivity index (χ0) is 23.6. The first-order valence-electron chi connectivity index (χ1n) is 11.5. The van der Waals surface area contributed by atoms with Gasteiger partial charge in [0.25, 0.3) is 0 Å². The van der Waals surface area contributed by atoms with Crippen LogP contribution in [0.3, 0.4) is 0 Å². The van der Waals surface area contributed by atoms with Crippen molar-refractivity contribution in [1.82, 2.24) is 9.88 Å². The van der Waals surface area contributed by atoms with Crippen LogP contribution in [0.4, 0.5) is 19.3 Å². The summed E-state index contributed by atoms with van der Waals surface area (Å²) in [4.78, 5) is 18.6. The largest absolute Gasteiger partial charge is 0.357 e. The number of benzene rings is 3. The van der Waals surface area contributed by atoms with Gasteiger partial charge in [-0.25, -0.2) is 13.6 Å². The van der Waals surface area contributed by atoms with Crippen LogP contribution in [0.1, 0.15) is 40.3 Å². The van der Waals surface area contributed by atoms with Crippen molar-refractivity contribution in [2.45, 2.75) is 38.1 Å². The first-order valence-corrected chi connectivity index (χ1v) is 11.5. The summed E-state index contributed by atoms with van der Waals surface area (Å²) in [6.07, 6.45) is 0.662. The van der Waals surface area contributed by atoms with Gasteiger partial charge in [0.2, 0.25) is 0 Å². The van der Waals surface area contributed by atoms with Gasteiger partial charge in [-0.2, -0.15) is 0 Å². The minimum Gasteiger partial charge on any atom is -0.357 e. The number of aryl methyl sites for hydroxylation is 2. The second kappa shape index (κ2) is 7.42. The van der Waals surface area contributed by atoms with E-state index in [0.717, 1.165) is 45.0 Å². The normalized spacial score (nSPS) is 21.1. The summed E-state index contributed by atoms with van der Waals surface area (Å²) in [6.45, 7) is 4.87. The van der Waals surface area contributed by atoms with E-state index in [2.05, 4.69) is 22.4 Å². The molecule has 4 aromatic rings. The van der Waals surface area contributed by atoms with Crippen LogP contribution in [0.25, 0.3) is 10.9 Å². The van der Waals surface area contributed by atoms with E-state index < -0.39 is 17.0 Å². The Kier molecular flexibility index (Phi) is 4.56. The number of nitrogens with one attached hydrogen (secondary N) is 2.